The van der Waals surface area contributed by atoms with E-state index in [4.69, 9.17) is 9.47 Å². The van der Waals surface area contributed by atoms with Crippen molar-refractivity contribution in [1.82, 2.24) is 15.3 Å². The van der Waals surface area contributed by atoms with E-state index in [9.17, 15) is 18.0 Å². The van der Waals surface area contributed by atoms with Crippen molar-refractivity contribution >= 4 is 23.4 Å². The number of amides is 1. The molecule has 8 nitrogen and oxygen atoms in total. The molecule has 0 saturated carbocycles. The average Bonchev–Trinajstić information content (AvgIpc) is 2.68. The van der Waals surface area contributed by atoms with Crippen LogP contribution in [-0.4, -0.2) is 42.2 Å². The molecule has 0 spiro atoms. The fourth-order valence-electron chi connectivity index (χ4n) is 2.74. The van der Waals surface area contributed by atoms with E-state index in [0.717, 1.165) is 0 Å². The summed E-state index contributed by atoms with van der Waals surface area (Å²) >= 11 is 0. The molecule has 0 radical (unpaired) electrons. The Balaban J connectivity index is 1.96. The summed E-state index contributed by atoms with van der Waals surface area (Å²) in [6.45, 7) is 4.69. The highest BCUT2D eigenvalue weighted by Crippen LogP contribution is 2.42. The number of hydrogen-bond donors (Lipinski definition) is 3. The van der Waals surface area contributed by atoms with Crippen LogP contribution in [0.5, 0.6) is 11.5 Å². The van der Waals surface area contributed by atoms with E-state index in [-0.39, 0.29) is 48.9 Å². The first-order valence-corrected chi connectivity index (χ1v) is 9.01. The van der Waals surface area contributed by atoms with Gasteiger partial charge in [-0.3, -0.25) is 4.79 Å². The smallest absolute Gasteiger partial charge is 0.421 e. The number of nitrogens with one attached hydrogen (secondary N) is 3. The Morgan fingerprint density at radius 2 is 1.86 bits per heavy atom. The van der Waals surface area contributed by atoms with Crippen LogP contribution in [0.2, 0.25) is 0 Å². The van der Waals surface area contributed by atoms with Gasteiger partial charge in [0, 0.05) is 19.3 Å². The molecule has 29 heavy (non-hydrogen) atoms. The monoisotopic (exact) mass is 411 g/mol. The molecule has 3 N–H and O–H groups in total. The second-order valence-corrected chi connectivity index (χ2v) is 5.98. The lowest BCUT2D eigenvalue weighted by Crippen LogP contribution is -2.25. The molecular weight excluding hydrogens is 391 g/mol. The molecule has 1 aromatic heterocycles. The van der Waals surface area contributed by atoms with Crippen LogP contribution in [0.3, 0.4) is 0 Å². The van der Waals surface area contributed by atoms with E-state index in [1.54, 1.807) is 19.9 Å². The highest BCUT2D eigenvalue weighted by molar-refractivity contribution is 5.99. The summed E-state index contributed by atoms with van der Waals surface area (Å²) in [4.78, 5) is 19.9. The molecular formula is C18H20F3N5O3. The molecule has 0 bridgehead atoms. The van der Waals surface area contributed by atoms with Crippen LogP contribution >= 0.6 is 0 Å². The third kappa shape index (κ3) is 4.44. The Hall–Kier alpha value is -3.24. The fourth-order valence-corrected chi connectivity index (χ4v) is 2.74. The van der Waals surface area contributed by atoms with Gasteiger partial charge >= 0.3 is 6.18 Å². The molecule has 0 fully saturated rings. The summed E-state index contributed by atoms with van der Waals surface area (Å²) in [5.41, 5.74) is -0.290. The van der Waals surface area contributed by atoms with Gasteiger partial charge in [0.2, 0.25) is 5.95 Å². The lowest BCUT2D eigenvalue weighted by atomic mass is 10.1. The Morgan fingerprint density at radius 3 is 2.52 bits per heavy atom. The molecule has 0 unspecified atom stereocenters. The number of carbonyl (C=O) groups excluding carboxylic acids is 1. The largest absolute Gasteiger partial charge is 0.485 e. The van der Waals surface area contributed by atoms with Crippen LogP contribution in [0.15, 0.2) is 18.3 Å². The van der Waals surface area contributed by atoms with Crippen LogP contribution < -0.4 is 25.4 Å². The maximum Gasteiger partial charge on any atom is 0.421 e. The number of rotatable bonds is 6. The number of aromatic nitrogens is 2. The molecule has 11 heteroatoms. The minimum atomic E-state index is -4.58. The molecule has 0 saturated heterocycles. The van der Waals surface area contributed by atoms with E-state index in [1.807, 2.05) is 0 Å². The van der Waals surface area contributed by atoms with Crippen molar-refractivity contribution in [3.8, 4) is 11.5 Å². The van der Waals surface area contributed by atoms with E-state index in [2.05, 4.69) is 25.9 Å². The predicted octanol–water partition coefficient (Wildman–Crippen LogP) is 3.19. The summed E-state index contributed by atoms with van der Waals surface area (Å²) in [7, 11) is 0. The van der Waals surface area contributed by atoms with Crippen LogP contribution in [0.4, 0.5) is 30.6 Å². The number of ether oxygens (including phenoxy) is 2. The standard InChI is InChI=1S/C18H20F3N5O3/c1-3-22-15-11(18(19,20)21)9-24-17(26-15)25-12-6-5-10(16(27)23-4-2)13-14(12)29-8-7-28-13/h5-6,9H,3-4,7-8H2,1-2H3,(H,23,27)(H2,22,24,25,26). The van der Waals surface area contributed by atoms with Gasteiger partial charge in [0.1, 0.15) is 24.6 Å². The summed E-state index contributed by atoms with van der Waals surface area (Å²) in [6, 6.07) is 3.10. The van der Waals surface area contributed by atoms with E-state index < -0.39 is 11.7 Å². The maximum absolute atomic E-state index is 13.1. The molecule has 0 aliphatic carbocycles. The molecule has 1 aromatic carbocycles. The maximum atomic E-state index is 13.1. The highest BCUT2D eigenvalue weighted by atomic mass is 19.4. The number of carbonyl (C=O) groups is 1. The molecule has 156 valence electrons. The number of halogens is 3. The number of hydrogen-bond acceptors (Lipinski definition) is 7. The van der Waals surface area contributed by atoms with Gasteiger partial charge in [-0.2, -0.15) is 18.2 Å². The van der Waals surface area contributed by atoms with E-state index in [0.29, 0.717) is 24.0 Å². The van der Waals surface area contributed by atoms with Crippen LogP contribution in [-0.2, 0) is 6.18 Å². The number of nitrogens with zero attached hydrogens (tertiary/aromatic N) is 2. The van der Waals surface area contributed by atoms with E-state index in [1.165, 1.54) is 6.07 Å². The van der Waals surface area contributed by atoms with Crippen LogP contribution in [0.25, 0.3) is 0 Å². The van der Waals surface area contributed by atoms with Crippen molar-refractivity contribution in [1.29, 1.82) is 0 Å². The van der Waals surface area contributed by atoms with Crippen molar-refractivity contribution in [2.45, 2.75) is 20.0 Å². The molecule has 3 rings (SSSR count). The Kier molecular flexibility index (Phi) is 5.95. The van der Waals surface area contributed by atoms with E-state index >= 15 is 0 Å². The van der Waals surface area contributed by atoms with Gasteiger partial charge in [-0.25, -0.2) is 4.98 Å². The first kappa shape index (κ1) is 20.5. The molecule has 1 aliphatic heterocycles. The van der Waals surface area contributed by atoms with Crippen molar-refractivity contribution in [3.63, 3.8) is 0 Å². The van der Waals surface area contributed by atoms with Crippen molar-refractivity contribution in [3.05, 3.63) is 29.5 Å². The predicted molar refractivity (Wildman–Crippen MR) is 99.9 cm³/mol. The zero-order chi connectivity index (χ0) is 21.0. The lowest BCUT2D eigenvalue weighted by molar-refractivity contribution is -0.137. The summed E-state index contributed by atoms with van der Waals surface area (Å²) in [6.07, 6.45) is -3.87. The van der Waals surface area contributed by atoms with Gasteiger partial charge in [-0.1, -0.05) is 0 Å². The quantitative estimate of drug-likeness (QED) is 0.672. The lowest BCUT2D eigenvalue weighted by Gasteiger charge is -2.23. The number of anilines is 3. The van der Waals surface area contributed by atoms with Crippen LogP contribution in [0, 0.1) is 0 Å². The van der Waals surface area contributed by atoms with Crippen molar-refractivity contribution in [2.75, 3.05) is 36.9 Å². The SMILES string of the molecule is CCNC(=O)c1ccc(Nc2ncc(C(F)(F)F)c(NCC)n2)c2c1OCCO2. The van der Waals surface area contributed by atoms with Gasteiger partial charge in [-0.05, 0) is 26.0 Å². The van der Waals surface area contributed by atoms with Gasteiger partial charge in [0.15, 0.2) is 11.5 Å². The first-order valence-electron chi connectivity index (χ1n) is 9.01. The number of fused-ring (bicyclic) bond motifs is 1. The molecule has 2 aromatic rings. The summed E-state index contributed by atoms with van der Waals surface area (Å²) in [5.74, 6) is -0.181. The Labute approximate surface area is 164 Å². The summed E-state index contributed by atoms with van der Waals surface area (Å²) in [5, 5.41) is 8.12. The minimum absolute atomic E-state index is 0.0592. The molecule has 2 heterocycles. The molecule has 0 atom stereocenters. The molecule has 1 amide bonds. The Bertz CT molecular complexity index is 905. The minimum Gasteiger partial charge on any atom is -0.485 e. The average molecular weight is 411 g/mol. The normalized spacial score (nSPS) is 13.0. The fraction of sp³-hybridized carbons (Fsp3) is 0.389. The molecule has 1 aliphatic rings. The first-order chi connectivity index (χ1) is 13.8. The zero-order valence-electron chi connectivity index (χ0n) is 15.8. The second-order valence-electron chi connectivity index (χ2n) is 5.98. The zero-order valence-corrected chi connectivity index (χ0v) is 15.8. The summed E-state index contributed by atoms with van der Waals surface area (Å²) < 4.78 is 50.6. The Morgan fingerprint density at radius 1 is 1.14 bits per heavy atom. The highest BCUT2D eigenvalue weighted by Gasteiger charge is 2.35. The second kappa shape index (κ2) is 8.41. The van der Waals surface area contributed by atoms with Crippen molar-refractivity contribution < 1.29 is 27.4 Å². The topological polar surface area (TPSA) is 97.4 Å². The number of benzene rings is 1. The van der Waals surface area contributed by atoms with Gasteiger partial charge < -0.3 is 25.4 Å². The van der Waals surface area contributed by atoms with Gasteiger partial charge in [0.25, 0.3) is 5.91 Å². The third-order valence-corrected chi connectivity index (χ3v) is 3.96. The van der Waals surface area contributed by atoms with Gasteiger partial charge in [-0.15, -0.1) is 0 Å². The van der Waals surface area contributed by atoms with Gasteiger partial charge in [0.05, 0.1) is 11.3 Å². The third-order valence-electron chi connectivity index (χ3n) is 3.96. The number of alkyl halides is 3. The van der Waals surface area contributed by atoms with Crippen molar-refractivity contribution in [2.24, 2.45) is 0 Å². The van der Waals surface area contributed by atoms with Crippen LogP contribution in [0.1, 0.15) is 29.8 Å².